The minimum Gasteiger partial charge on any atom is -1.00 e. The van der Waals surface area contributed by atoms with Crippen LogP contribution in [0.2, 0.25) is 0 Å². The maximum absolute atomic E-state index is 11.8. The maximum Gasteiger partial charge on any atom is 0.410 e. The first-order chi connectivity index (χ1) is 16.9. The Morgan fingerprint density at radius 1 is 0.833 bits per heavy atom. The summed E-state index contributed by atoms with van der Waals surface area (Å²) in [6, 6.07) is 32.5. The fourth-order valence-electron chi connectivity index (χ4n) is 4.20. The number of halogens is 2. The quantitative estimate of drug-likeness (QED) is 0.228. The molecule has 4 rings (SSSR count). The van der Waals surface area contributed by atoms with Crippen LogP contribution in [0.3, 0.4) is 0 Å². The molecule has 1 heterocycles. The molecule has 3 aromatic rings. The van der Waals surface area contributed by atoms with Crippen LogP contribution in [-0.2, 0) is 4.74 Å². The molecule has 1 aliphatic heterocycles. The molecule has 0 bridgehead atoms. The van der Waals surface area contributed by atoms with Crippen LogP contribution >= 0.6 is 30.5 Å². The van der Waals surface area contributed by atoms with E-state index in [1.807, 2.05) is 25.7 Å². The Balaban J connectivity index is 0.000000251. The number of carbonyl (C=O) groups is 1. The van der Waals surface area contributed by atoms with Crippen LogP contribution in [0.1, 0.15) is 40.0 Å². The van der Waals surface area contributed by atoms with Gasteiger partial charge in [-0.25, -0.2) is 4.79 Å². The van der Waals surface area contributed by atoms with Gasteiger partial charge in [0.15, 0.2) is 0 Å². The molecule has 0 atom stereocenters. The fraction of sp³-hybridized carbons (Fsp3) is 0.367. The Morgan fingerprint density at radius 3 is 1.56 bits per heavy atom. The number of hydrogen-bond donors (Lipinski definition) is 0. The molecule has 0 spiro atoms. The predicted molar refractivity (Wildman–Crippen MR) is 161 cm³/mol. The number of piperidine rings is 1. The number of hydrogen-bond acceptors (Lipinski definition) is 2. The molecule has 1 saturated heterocycles. The van der Waals surface area contributed by atoms with Gasteiger partial charge >= 0.3 is 6.09 Å². The van der Waals surface area contributed by atoms with Crippen LogP contribution in [0.5, 0.6) is 0 Å². The van der Waals surface area contributed by atoms with Gasteiger partial charge in [0.2, 0.25) is 0 Å². The van der Waals surface area contributed by atoms with E-state index in [1.54, 1.807) is 0 Å². The molecule has 6 heteroatoms. The molecule has 0 aliphatic carbocycles. The first kappa shape index (κ1) is 31.0. The second-order valence-electron chi connectivity index (χ2n) is 9.86. The van der Waals surface area contributed by atoms with E-state index in [0.29, 0.717) is 0 Å². The largest absolute Gasteiger partial charge is 1.00 e. The van der Waals surface area contributed by atoms with Gasteiger partial charge in [-0.1, -0.05) is 77.2 Å². The Kier molecular flexibility index (Phi) is 13.7. The fourth-order valence-corrected chi connectivity index (χ4v) is 7.66. The van der Waals surface area contributed by atoms with Crippen LogP contribution in [0.15, 0.2) is 91.0 Å². The van der Waals surface area contributed by atoms with Crippen LogP contribution in [0.4, 0.5) is 4.79 Å². The van der Waals surface area contributed by atoms with Crippen LogP contribution in [0, 0.1) is 5.92 Å². The lowest BCUT2D eigenvalue weighted by atomic mass is 9.95. The molecule has 0 N–H and O–H groups in total. The van der Waals surface area contributed by atoms with Crippen molar-refractivity contribution >= 4 is 52.5 Å². The lowest BCUT2D eigenvalue weighted by Crippen LogP contribution is -3.00. The number of ether oxygens (including phenoxy) is 1. The zero-order valence-corrected chi connectivity index (χ0v) is 26.8. The molecule has 1 fully saturated rings. The lowest BCUT2D eigenvalue weighted by molar-refractivity contribution is -0.0000632. The van der Waals surface area contributed by atoms with E-state index < -0.39 is 7.92 Å². The molecule has 3 nitrogen and oxygen atoms in total. The average molecular weight is 729 g/mol. The molecular formula is C30H38I2NO2P. The van der Waals surface area contributed by atoms with E-state index in [1.165, 1.54) is 26.8 Å². The molecule has 0 saturated carbocycles. The normalized spacial score (nSPS) is 13.9. The maximum atomic E-state index is 11.8. The second kappa shape index (κ2) is 15.9. The molecular weight excluding hydrogens is 691 g/mol. The number of amides is 1. The Labute approximate surface area is 249 Å². The van der Waals surface area contributed by atoms with Crippen molar-refractivity contribution in [3.63, 3.8) is 0 Å². The number of nitrogens with zero attached hydrogens (tertiary/aromatic N) is 1. The molecule has 194 valence electrons. The molecule has 36 heavy (non-hydrogen) atoms. The number of carbonyl (C=O) groups excluding carboxylic acids is 1. The monoisotopic (exact) mass is 729 g/mol. The highest BCUT2D eigenvalue weighted by atomic mass is 127. The molecule has 1 aliphatic rings. The third-order valence-electron chi connectivity index (χ3n) is 5.97. The van der Waals surface area contributed by atoms with Crippen molar-refractivity contribution in [1.82, 2.24) is 4.90 Å². The van der Waals surface area contributed by atoms with Gasteiger partial charge in [0.1, 0.15) is 21.5 Å². The second-order valence-corrected chi connectivity index (χ2v) is 13.4. The van der Waals surface area contributed by atoms with Gasteiger partial charge in [-0.05, 0) is 86.8 Å². The van der Waals surface area contributed by atoms with E-state index in [4.69, 9.17) is 4.74 Å². The van der Waals surface area contributed by atoms with E-state index in [0.717, 1.165) is 31.8 Å². The Morgan fingerprint density at radius 2 is 1.22 bits per heavy atom. The smallest absolute Gasteiger partial charge is 0.410 e. The van der Waals surface area contributed by atoms with Crippen molar-refractivity contribution in [1.29, 1.82) is 0 Å². The number of benzene rings is 3. The molecule has 0 aromatic heterocycles. The van der Waals surface area contributed by atoms with Gasteiger partial charge in [0, 0.05) is 13.1 Å². The first-order valence-electron chi connectivity index (χ1n) is 12.4. The van der Waals surface area contributed by atoms with Crippen molar-refractivity contribution in [3.05, 3.63) is 91.0 Å². The summed E-state index contributed by atoms with van der Waals surface area (Å²) < 4.78 is 6.58. The van der Waals surface area contributed by atoms with Crippen LogP contribution < -0.4 is 39.9 Å². The van der Waals surface area contributed by atoms with Crippen molar-refractivity contribution in [2.24, 2.45) is 5.92 Å². The van der Waals surface area contributed by atoms with E-state index in [9.17, 15) is 4.79 Å². The van der Waals surface area contributed by atoms with Crippen molar-refractivity contribution in [2.45, 2.75) is 45.6 Å². The predicted octanol–water partition coefficient (Wildman–Crippen LogP) is 3.64. The zero-order valence-electron chi connectivity index (χ0n) is 21.5. The summed E-state index contributed by atoms with van der Waals surface area (Å²) in [5, 5.41) is 4.31. The van der Waals surface area contributed by atoms with Crippen molar-refractivity contribution in [3.8, 4) is 0 Å². The van der Waals surface area contributed by atoms with E-state index >= 15 is 0 Å². The highest BCUT2D eigenvalue weighted by Gasteiger charge is 2.26. The minimum atomic E-state index is -0.877. The number of rotatable bonds is 5. The van der Waals surface area contributed by atoms with Crippen LogP contribution in [-0.4, -0.2) is 34.1 Å². The topological polar surface area (TPSA) is 29.5 Å². The SMILES string of the molecule is CC(C)(C)OC(=O)N1CCC(CCI)CC1.[I-].c1ccc([PH+](c2ccccc2)c2ccccc2)cc1. The summed E-state index contributed by atoms with van der Waals surface area (Å²) in [7, 11) is -0.877. The van der Waals surface area contributed by atoms with E-state index in [-0.39, 0.29) is 35.7 Å². The zero-order chi connectivity index (χ0) is 25.1. The van der Waals surface area contributed by atoms with Gasteiger partial charge in [-0.15, -0.1) is 0 Å². The summed E-state index contributed by atoms with van der Waals surface area (Å²) in [4.78, 5) is 13.6. The summed E-state index contributed by atoms with van der Waals surface area (Å²) in [5.41, 5.74) is -0.379. The summed E-state index contributed by atoms with van der Waals surface area (Å²) in [6.45, 7) is 7.45. The van der Waals surface area contributed by atoms with Gasteiger partial charge in [-0.2, -0.15) is 0 Å². The van der Waals surface area contributed by atoms with Gasteiger partial charge < -0.3 is 33.6 Å². The number of alkyl halides is 1. The van der Waals surface area contributed by atoms with E-state index in [2.05, 4.69) is 114 Å². The van der Waals surface area contributed by atoms with Crippen molar-refractivity contribution in [2.75, 3.05) is 17.5 Å². The molecule has 0 unspecified atom stereocenters. The number of likely N-dealkylation sites (tertiary alicyclic amines) is 1. The highest BCUT2D eigenvalue weighted by Crippen LogP contribution is 2.32. The Hall–Kier alpha value is -1.18. The standard InChI is InChI=1S/C18H15P.C12H22INO2.HI/c1-4-10-16(11-5-1)19(17-12-6-2-7-13-17)18-14-8-3-9-15-18;1-12(2,3)16-11(15)14-8-5-10(4-7-13)6-9-14;/h1-15H;10H,4-9H2,1-3H3;1H. The third kappa shape index (κ3) is 10.3. The minimum absolute atomic E-state index is 0. The Bertz CT molecular complexity index is 911. The van der Waals surface area contributed by atoms with Gasteiger partial charge in [0.05, 0.1) is 7.92 Å². The van der Waals surface area contributed by atoms with Gasteiger partial charge in [0.25, 0.3) is 0 Å². The molecule has 3 aromatic carbocycles. The van der Waals surface area contributed by atoms with Crippen molar-refractivity contribution < 1.29 is 33.5 Å². The lowest BCUT2D eigenvalue weighted by Gasteiger charge is -2.33. The molecule has 0 radical (unpaired) electrons. The molecule has 1 amide bonds. The van der Waals surface area contributed by atoms with Gasteiger partial charge in [-0.3, -0.25) is 0 Å². The average Bonchev–Trinajstić information content (AvgIpc) is 2.86. The third-order valence-corrected chi connectivity index (χ3v) is 9.33. The summed E-state index contributed by atoms with van der Waals surface area (Å²) in [5.74, 6) is 0.801. The van der Waals surface area contributed by atoms with Crippen LogP contribution in [0.25, 0.3) is 0 Å². The summed E-state index contributed by atoms with van der Waals surface area (Å²) in [6.07, 6.45) is 3.38. The highest BCUT2D eigenvalue weighted by molar-refractivity contribution is 14.1. The summed E-state index contributed by atoms with van der Waals surface area (Å²) >= 11 is 2.42. The first-order valence-corrected chi connectivity index (χ1v) is 15.5.